The molecule has 138 valence electrons. The van der Waals surface area contributed by atoms with Gasteiger partial charge in [0.1, 0.15) is 5.92 Å². The van der Waals surface area contributed by atoms with Gasteiger partial charge in [-0.1, -0.05) is 54.1 Å². The van der Waals surface area contributed by atoms with E-state index in [1.807, 2.05) is 30.3 Å². The number of carbonyl (C=O) groups excluding carboxylic acids is 1. The maximum atomic E-state index is 12.1. The third kappa shape index (κ3) is 4.12. The van der Waals surface area contributed by atoms with Crippen molar-refractivity contribution in [3.63, 3.8) is 0 Å². The van der Waals surface area contributed by atoms with Gasteiger partial charge in [0.2, 0.25) is 0 Å². The average Bonchev–Trinajstić information content (AvgIpc) is 3.17. The van der Waals surface area contributed by atoms with Crippen molar-refractivity contribution in [1.82, 2.24) is 25.9 Å². The van der Waals surface area contributed by atoms with Gasteiger partial charge >= 0.3 is 5.97 Å². The summed E-state index contributed by atoms with van der Waals surface area (Å²) in [5.41, 5.74) is 2.21. The molecule has 0 saturated heterocycles. The first kappa shape index (κ1) is 18.5. The van der Waals surface area contributed by atoms with Crippen molar-refractivity contribution in [1.29, 1.82) is 0 Å². The molecule has 0 aliphatic rings. The smallest absolute Gasteiger partial charge is 0.313 e. The number of carbonyl (C=O) groups is 2. The van der Waals surface area contributed by atoms with Crippen LogP contribution in [0.25, 0.3) is 11.1 Å². The number of aromatic nitrogens is 4. The molecule has 2 atom stereocenters. The van der Waals surface area contributed by atoms with Crippen molar-refractivity contribution < 1.29 is 14.7 Å². The third-order valence-electron chi connectivity index (χ3n) is 4.11. The largest absolute Gasteiger partial charge is 0.481 e. The molecule has 0 saturated carbocycles. The number of aromatic amines is 1. The van der Waals surface area contributed by atoms with Crippen LogP contribution in [-0.2, 0) is 4.79 Å². The van der Waals surface area contributed by atoms with Crippen molar-refractivity contribution in [2.75, 3.05) is 0 Å². The molecule has 0 bridgehead atoms. The minimum absolute atomic E-state index is 0.163. The van der Waals surface area contributed by atoms with E-state index >= 15 is 0 Å². The van der Waals surface area contributed by atoms with Crippen molar-refractivity contribution >= 4 is 23.5 Å². The van der Waals surface area contributed by atoms with E-state index in [9.17, 15) is 14.7 Å². The van der Waals surface area contributed by atoms with Crippen LogP contribution in [-0.4, -0.2) is 43.6 Å². The van der Waals surface area contributed by atoms with Gasteiger partial charge in [0.15, 0.2) is 0 Å². The van der Waals surface area contributed by atoms with Crippen molar-refractivity contribution in [3.8, 4) is 11.1 Å². The molecule has 3 aromatic rings. The predicted octanol–water partition coefficient (Wildman–Crippen LogP) is 2.51. The van der Waals surface area contributed by atoms with Crippen LogP contribution in [0.4, 0.5) is 0 Å². The Hall–Kier alpha value is -3.26. The molecular weight excluding hydrogens is 370 g/mol. The lowest BCUT2D eigenvalue weighted by atomic mass is 9.91. The summed E-state index contributed by atoms with van der Waals surface area (Å²) in [6.07, 6.45) is 0. The van der Waals surface area contributed by atoms with E-state index in [1.54, 1.807) is 25.1 Å². The Bertz CT molecular complexity index is 947. The molecule has 2 unspecified atom stereocenters. The number of H-pyrrole nitrogens is 1. The zero-order valence-corrected chi connectivity index (χ0v) is 15.0. The minimum atomic E-state index is -1.08. The maximum Gasteiger partial charge on any atom is 0.313 e. The molecule has 0 aliphatic carbocycles. The van der Waals surface area contributed by atoms with E-state index < -0.39 is 23.8 Å². The van der Waals surface area contributed by atoms with Crippen LogP contribution in [0.1, 0.15) is 29.0 Å². The Morgan fingerprint density at radius 3 is 2.52 bits per heavy atom. The number of benzene rings is 2. The lowest BCUT2D eigenvalue weighted by molar-refractivity contribution is -0.139. The lowest BCUT2D eigenvalue weighted by Gasteiger charge is -2.22. The molecule has 0 aliphatic heterocycles. The van der Waals surface area contributed by atoms with Crippen molar-refractivity contribution in [2.45, 2.75) is 18.9 Å². The van der Waals surface area contributed by atoms with Crippen molar-refractivity contribution in [3.05, 3.63) is 64.9 Å². The number of amides is 1. The highest BCUT2D eigenvalue weighted by Gasteiger charge is 2.29. The van der Waals surface area contributed by atoms with E-state index in [0.717, 1.165) is 11.1 Å². The van der Waals surface area contributed by atoms with Gasteiger partial charge in [-0.2, -0.15) is 5.21 Å². The van der Waals surface area contributed by atoms with Crippen LogP contribution < -0.4 is 5.32 Å². The Labute approximate surface area is 159 Å². The second-order valence-electron chi connectivity index (χ2n) is 5.92. The summed E-state index contributed by atoms with van der Waals surface area (Å²) in [6.45, 7) is 1.59. The highest BCUT2D eigenvalue weighted by atomic mass is 35.5. The number of hydrogen-bond acceptors (Lipinski definition) is 5. The van der Waals surface area contributed by atoms with E-state index in [4.69, 9.17) is 11.6 Å². The summed E-state index contributed by atoms with van der Waals surface area (Å²) in [7, 11) is 0. The number of carboxylic acid groups (broad SMARTS) is 1. The highest BCUT2D eigenvalue weighted by Crippen LogP contribution is 2.32. The predicted molar refractivity (Wildman–Crippen MR) is 98.4 cm³/mol. The number of nitrogens with one attached hydrogen (secondary N) is 2. The van der Waals surface area contributed by atoms with E-state index in [0.29, 0.717) is 10.6 Å². The molecule has 27 heavy (non-hydrogen) atoms. The molecule has 0 radical (unpaired) electrons. The molecule has 1 amide bonds. The van der Waals surface area contributed by atoms with Crippen LogP contribution in [0.2, 0.25) is 5.02 Å². The Kier molecular flexibility index (Phi) is 5.46. The topological polar surface area (TPSA) is 121 Å². The molecule has 0 fully saturated rings. The minimum Gasteiger partial charge on any atom is -0.481 e. The third-order valence-corrected chi connectivity index (χ3v) is 4.42. The number of carboxylic acids is 1. The monoisotopic (exact) mass is 385 g/mol. The zero-order chi connectivity index (χ0) is 19.4. The number of halogens is 1. The van der Waals surface area contributed by atoms with Gasteiger partial charge in [0, 0.05) is 16.6 Å². The Morgan fingerprint density at radius 2 is 1.93 bits per heavy atom. The summed E-state index contributed by atoms with van der Waals surface area (Å²) < 4.78 is 0. The van der Waals surface area contributed by atoms with Crippen molar-refractivity contribution in [2.24, 2.45) is 0 Å². The molecule has 0 spiro atoms. The van der Waals surface area contributed by atoms with Crippen LogP contribution in [0.15, 0.2) is 48.5 Å². The molecular formula is C18H16ClN5O3. The van der Waals surface area contributed by atoms with Gasteiger partial charge in [-0.15, -0.1) is 10.2 Å². The average molecular weight is 386 g/mol. The number of hydrogen-bond donors (Lipinski definition) is 3. The Morgan fingerprint density at radius 1 is 1.19 bits per heavy atom. The first-order chi connectivity index (χ1) is 13.0. The summed E-state index contributed by atoms with van der Waals surface area (Å²) in [5.74, 6) is -2.86. The first-order valence-corrected chi connectivity index (χ1v) is 8.47. The second-order valence-corrected chi connectivity index (χ2v) is 6.33. The molecule has 1 heterocycles. The molecule has 9 heteroatoms. The fourth-order valence-electron chi connectivity index (χ4n) is 2.83. The summed E-state index contributed by atoms with van der Waals surface area (Å²) in [5, 5.41) is 25.3. The van der Waals surface area contributed by atoms with Crippen LogP contribution in [0, 0.1) is 0 Å². The zero-order valence-electron chi connectivity index (χ0n) is 14.3. The van der Waals surface area contributed by atoms with Gasteiger partial charge in [-0.05, 0) is 29.3 Å². The summed E-state index contributed by atoms with van der Waals surface area (Å²) >= 11 is 6.39. The normalized spacial score (nSPS) is 13.0. The Balaban J connectivity index is 1.85. The molecule has 8 nitrogen and oxygen atoms in total. The van der Waals surface area contributed by atoms with Gasteiger partial charge in [0.05, 0.1) is 0 Å². The molecule has 1 aromatic heterocycles. The number of nitrogens with zero attached hydrogens (tertiary/aromatic N) is 3. The standard InChI is InChI=1S/C18H16ClN5O3/c1-10(20-17(25)16-21-23-24-22-16)15(18(26)27)12-7-8-13(14(19)9-12)11-5-3-2-4-6-11/h2-10,15H,1H3,(H,20,25)(H,26,27)(H,21,22,23,24). The van der Waals surface area contributed by atoms with Crippen LogP contribution in [0.3, 0.4) is 0 Å². The number of rotatable bonds is 6. The summed E-state index contributed by atoms with van der Waals surface area (Å²) in [4.78, 5) is 23.9. The quantitative estimate of drug-likeness (QED) is 0.599. The van der Waals surface area contributed by atoms with Gasteiger partial charge in [0.25, 0.3) is 11.7 Å². The van der Waals surface area contributed by atoms with E-state index in [-0.39, 0.29) is 5.82 Å². The molecule has 3 rings (SSSR count). The van der Waals surface area contributed by atoms with Gasteiger partial charge in [-0.25, -0.2) is 0 Å². The SMILES string of the molecule is CC(NC(=O)c1nn[nH]n1)C(C(=O)O)c1ccc(-c2ccccc2)c(Cl)c1. The summed E-state index contributed by atoms with van der Waals surface area (Å²) in [6, 6.07) is 13.9. The number of tetrazole rings is 1. The fraction of sp³-hybridized carbons (Fsp3) is 0.167. The van der Waals surface area contributed by atoms with Crippen LogP contribution in [0.5, 0.6) is 0 Å². The first-order valence-electron chi connectivity index (χ1n) is 8.09. The van der Waals surface area contributed by atoms with Gasteiger partial charge in [-0.3, -0.25) is 9.59 Å². The van der Waals surface area contributed by atoms with E-state index in [1.165, 1.54) is 0 Å². The second kappa shape index (κ2) is 7.96. The van der Waals surface area contributed by atoms with Crippen LogP contribution >= 0.6 is 11.6 Å². The maximum absolute atomic E-state index is 12.1. The lowest BCUT2D eigenvalue weighted by Crippen LogP contribution is -2.40. The highest BCUT2D eigenvalue weighted by molar-refractivity contribution is 6.33. The van der Waals surface area contributed by atoms with Gasteiger partial charge < -0.3 is 10.4 Å². The number of aliphatic carboxylic acids is 1. The molecule has 3 N–H and O–H groups in total. The van der Waals surface area contributed by atoms with E-state index in [2.05, 4.69) is 25.9 Å². The fourth-order valence-corrected chi connectivity index (χ4v) is 3.13. The molecule has 2 aromatic carbocycles.